The number of phenolic OH excluding ortho intramolecular Hbond substituents is 1. The first-order valence-electron chi connectivity index (χ1n) is 11.7. The number of aromatic amines is 1. The van der Waals surface area contributed by atoms with E-state index in [1.807, 2.05) is 6.07 Å². The van der Waals surface area contributed by atoms with Crippen LogP contribution in [0.3, 0.4) is 0 Å². The van der Waals surface area contributed by atoms with Gasteiger partial charge in [-0.1, -0.05) is 53.7 Å². The zero-order chi connectivity index (χ0) is 21.4. The molecule has 2 nitrogen and oxygen atoms in total. The molecule has 0 saturated carbocycles. The first-order chi connectivity index (χ1) is 14.2. The van der Waals surface area contributed by atoms with Gasteiger partial charge in [0.15, 0.2) is 0 Å². The Hall–Kier alpha value is -2.22. The lowest BCUT2D eigenvalue weighted by Crippen LogP contribution is -2.51. The molecule has 30 heavy (non-hydrogen) atoms. The van der Waals surface area contributed by atoms with Crippen LogP contribution in [0.25, 0.3) is 10.9 Å². The van der Waals surface area contributed by atoms with Crippen LogP contribution >= 0.6 is 0 Å². The smallest absolute Gasteiger partial charge is 0.119 e. The highest BCUT2D eigenvalue weighted by Crippen LogP contribution is 2.58. The second-order valence-electron chi connectivity index (χ2n) is 10.8. The minimum absolute atomic E-state index is 0.0821. The fourth-order valence-electron chi connectivity index (χ4n) is 7.06. The van der Waals surface area contributed by atoms with Gasteiger partial charge in [-0.05, 0) is 83.5 Å². The maximum absolute atomic E-state index is 10.6. The number of aromatic nitrogens is 1. The molecule has 0 amide bonds. The molecule has 2 aromatic carbocycles. The second-order valence-corrected chi connectivity index (χ2v) is 10.8. The number of fused-ring (bicyclic) bond motifs is 6. The Morgan fingerprint density at radius 1 is 1.10 bits per heavy atom. The van der Waals surface area contributed by atoms with Crippen molar-refractivity contribution in [2.75, 3.05) is 0 Å². The highest BCUT2D eigenvalue weighted by molar-refractivity contribution is 5.86. The lowest BCUT2D eigenvalue weighted by Gasteiger charge is -2.54. The third-order valence-electron chi connectivity index (χ3n) is 8.42. The summed E-state index contributed by atoms with van der Waals surface area (Å²) in [7, 11) is 0. The molecule has 0 aliphatic heterocycles. The van der Waals surface area contributed by atoms with E-state index in [2.05, 4.69) is 70.8 Å². The molecule has 1 unspecified atom stereocenters. The summed E-state index contributed by atoms with van der Waals surface area (Å²) in [5.41, 5.74) is 9.86. The Morgan fingerprint density at radius 3 is 2.57 bits per heavy atom. The van der Waals surface area contributed by atoms with E-state index in [1.165, 1.54) is 50.8 Å². The van der Waals surface area contributed by atoms with Gasteiger partial charge >= 0.3 is 0 Å². The Labute approximate surface area is 180 Å². The number of nitrogens with one attached hydrogen (secondary N) is 1. The largest absolute Gasteiger partial charge is 0.508 e. The first-order valence-corrected chi connectivity index (χ1v) is 11.7. The van der Waals surface area contributed by atoms with Crippen LogP contribution in [0.1, 0.15) is 87.4 Å². The number of phenols is 1. The molecule has 158 valence electrons. The van der Waals surface area contributed by atoms with E-state index in [1.54, 1.807) is 0 Å². The van der Waals surface area contributed by atoms with Crippen molar-refractivity contribution < 1.29 is 5.11 Å². The summed E-state index contributed by atoms with van der Waals surface area (Å²) in [6, 6.07) is 11.1. The molecule has 2 heteroatoms. The number of benzene rings is 2. The van der Waals surface area contributed by atoms with Gasteiger partial charge in [0.05, 0.1) is 0 Å². The van der Waals surface area contributed by atoms with Crippen LogP contribution in [0.5, 0.6) is 5.75 Å². The van der Waals surface area contributed by atoms with Crippen LogP contribution in [0.15, 0.2) is 30.3 Å². The van der Waals surface area contributed by atoms with Gasteiger partial charge < -0.3 is 10.1 Å². The minimum atomic E-state index is 0.0821. The van der Waals surface area contributed by atoms with Crippen LogP contribution in [0.4, 0.5) is 0 Å². The second kappa shape index (κ2) is 6.39. The summed E-state index contributed by atoms with van der Waals surface area (Å²) < 4.78 is 0. The minimum Gasteiger partial charge on any atom is -0.508 e. The molecule has 2 aliphatic carbocycles. The van der Waals surface area contributed by atoms with Crippen molar-refractivity contribution in [1.29, 1.82) is 0 Å². The molecule has 0 spiro atoms. The average molecular weight is 402 g/mol. The lowest BCUT2D eigenvalue weighted by molar-refractivity contribution is 0.137. The van der Waals surface area contributed by atoms with Crippen molar-refractivity contribution in [2.24, 2.45) is 5.92 Å². The van der Waals surface area contributed by atoms with Crippen LogP contribution in [-0.2, 0) is 30.1 Å². The van der Waals surface area contributed by atoms with Gasteiger partial charge in [0.1, 0.15) is 5.75 Å². The predicted molar refractivity (Wildman–Crippen MR) is 126 cm³/mol. The Morgan fingerprint density at radius 2 is 1.87 bits per heavy atom. The molecular weight excluding hydrogens is 366 g/mol. The number of rotatable bonds is 2. The van der Waals surface area contributed by atoms with Crippen molar-refractivity contribution >= 4 is 10.9 Å². The quantitative estimate of drug-likeness (QED) is 0.481. The molecule has 1 heterocycles. The van der Waals surface area contributed by atoms with Crippen molar-refractivity contribution in [3.63, 3.8) is 0 Å². The SMILES string of the molecule is CCc1ccc2[nH]c3c(c2c1)C[C@]1(C)c2ccc(O)c(C(C)C)c2CCC1C3(C)C. The molecule has 0 fully saturated rings. The Kier molecular flexibility index (Phi) is 4.20. The maximum Gasteiger partial charge on any atom is 0.119 e. The van der Waals surface area contributed by atoms with Gasteiger partial charge in [-0.3, -0.25) is 0 Å². The molecule has 2 N–H and O–H groups in total. The molecule has 5 rings (SSSR count). The molecule has 3 aromatic rings. The third kappa shape index (κ3) is 2.49. The summed E-state index contributed by atoms with van der Waals surface area (Å²) in [5, 5.41) is 12.0. The summed E-state index contributed by atoms with van der Waals surface area (Å²) in [6.45, 7) is 14.0. The molecule has 0 saturated heterocycles. The molecule has 2 atom stereocenters. The van der Waals surface area contributed by atoms with Crippen LogP contribution in [-0.4, -0.2) is 10.1 Å². The zero-order valence-corrected chi connectivity index (χ0v) is 19.3. The van der Waals surface area contributed by atoms with Crippen molar-refractivity contribution in [3.8, 4) is 5.75 Å². The lowest BCUT2D eigenvalue weighted by atomic mass is 9.49. The number of H-pyrrole nitrogens is 1. The van der Waals surface area contributed by atoms with E-state index in [-0.39, 0.29) is 10.8 Å². The zero-order valence-electron chi connectivity index (χ0n) is 19.3. The average Bonchev–Trinajstić information content (AvgIpc) is 3.05. The van der Waals surface area contributed by atoms with Crippen LogP contribution in [0, 0.1) is 5.92 Å². The van der Waals surface area contributed by atoms with Gasteiger partial charge in [0, 0.05) is 27.4 Å². The molecule has 1 aromatic heterocycles. The Bertz CT molecular complexity index is 1150. The Balaban J connectivity index is 1.76. The summed E-state index contributed by atoms with van der Waals surface area (Å²) in [6.07, 6.45) is 4.38. The van der Waals surface area contributed by atoms with E-state index in [4.69, 9.17) is 0 Å². The van der Waals surface area contributed by atoms with Gasteiger partial charge in [-0.15, -0.1) is 0 Å². The predicted octanol–water partition coefficient (Wildman–Crippen LogP) is 6.91. The maximum atomic E-state index is 10.6. The van der Waals surface area contributed by atoms with E-state index >= 15 is 0 Å². The van der Waals surface area contributed by atoms with Crippen molar-refractivity contribution in [1.82, 2.24) is 4.98 Å². The van der Waals surface area contributed by atoms with Gasteiger partial charge in [0.25, 0.3) is 0 Å². The van der Waals surface area contributed by atoms with E-state index in [0.29, 0.717) is 17.6 Å². The summed E-state index contributed by atoms with van der Waals surface area (Å²) in [5.74, 6) is 1.39. The molecule has 0 bridgehead atoms. The highest BCUT2D eigenvalue weighted by atomic mass is 16.3. The standard InChI is InChI=1S/C28H35NO/c1-7-17-8-11-22-19(14-17)20-15-28(6)21-10-12-23(30)25(16(2)3)18(21)9-13-24(28)27(4,5)26(20)29-22/h8,10-12,14,16,24,29-30H,7,9,13,15H2,1-6H3/t24?,28-/m1/s1. The van der Waals surface area contributed by atoms with Crippen molar-refractivity contribution in [2.45, 2.75) is 84.0 Å². The number of aryl methyl sites for hydroxylation is 1. The normalized spacial score (nSPS) is 24.6. The van der Waals surface area contributed by atoms with E-state index in [9.17, 15) is 5.11 Å². The fraction of sp³-hybridized carbons (Fsp3) is 0.500. The molecule has 2 aliphatic rings. The van der Waals surface area contributed by atoms with Gasteiger partial charge in [-0.25, -0.2) is 0 Å². The van der Waals surface area contributed by atoms with Gasteiger partial charge in [0.2, 0.25) is 0 Å². The monoisotopic (exact) mass is 401 g/mol. The van der Waals surface area contributed by atoms with Gasteiger partial charge in [-0.2, -0.15) is 0 Å². The van der Waals surface area contributed by atoms with E-state index < -0.39 is 0 Å². The summed E-state index contributed by atoms with van der Waals surface area (Å²) >= 11 is 0. The fourth-order valence-corrected chi connectivity index (χ4v) is 7.06. The van der Waals surface area contributed by atoms with Crippen molar-refractivity contribution in [3.05, 3.63) is 63.8 Å². The molecular formula is C28H35NO. The van der Waals surface area contributed by atoms with Crippen LogP contribution < -0.4 is 0 Å². The number of hydrogen-bond donors (Lipinski definition) is 2. The third-order valence-corrected chi connectivity index (χ3v) is 8.42. The number of hydrogen-bond acceptors (Lipinski definition) is 1. The number of aromatic hydroxyl groups is 1. The van der Waals surface area contributed by atoms with Crippen LogP contribution in [0.2, 0.25) is 0 Å². The first kappa shape index (κ1) is 19.7. The highest BCUT2D eigenvalue weighted by Gasteiger charge is 2.53. The van der Waals surface area contributed by atoms with E-state index in [0.717, 1.165) is 19.3 Å². The molecule has 0 radical (unpaired) electrons. The topological polar surface area (TPSA) is 36.0 Å². The summed E-state index contributed by atoms with van der Waals surface area (Å²) in [4.78, 5) is 3.83.